The van der Waals surface area contributed by atoms with Gasteiger partial charge in [-0.1, -0.05) is 15.9 Å². The average molecular weight is 324 g/mol. The van der Waals surface area contributed by atoms with Crippen LogP contribution in [0.4, 0.5) is 8.78 Å². The third-order valence-electron chi connectivity index (χ3n) is 1.97. The normalized spacial score (nSPS) is 12.0. The van der Waals surface area contributed by atoms with Crippen LogP contribution >= 0.6 is 15.9 Å². The number of carboxylic acids is 1. The highest BCUT2D eigenvalue weighted by Crippen LogP contribution is 2.19. The van der Waals surface area contributed by atoms with E-state index in [2.05, 4.69) is 15.9 Å². The van der Waals surface area contributed by atoms with Crippen molar-refractivity contribution < 1.29 is 28.6 Å². The third-order valence-corrected chi connectivity index (χ3v) is 2.43. The number of aliphatic hydroxyl groups excluding tert-OH is 1. The Hall–Kier alpha value is -1.54. The number of amides is 1. The maximum atomic E-state index is 13.3. The zero-order valence-corrected chi connectivity index (χ0v) is 10.4. The average Bonchev–Trinajstić information content (AvgIpc) is 2.24. The fraction of sp³-hybridized carbons (Fsp3) is 0.200. The van der Waals surface area contributed by atoms with E-state index in [1.807, 2.05) is 5.32 Å². The van der Waals surface area contributed by atoms with Crippen LogP contribution in [0.3, 0.4) is 0 Å². The number of nitrogens with one attached hydrogen (secondary N) is 1. The Kier molecular flexibility index (Phi) is 4.74. The largest absolute Gasteiger partial charge is 0.479 e. The number of carboxylic acid groups (broad SMARTS) is 1. The molecule has 0 radical (unpaired) electrons. The van der Waals surface area contributed by atoms with E-state index in [-0.39, 0.29) is 4.47 Å². The number of benzene rings is 1. The topological polar surface area (TPSA) is 86.6 Å². The number of rotatable bonds is 4. The molecule has 1 aromatic rings. The summed E-state index contributed by atoms with van der Waals surface area (Å²) in [7, 11) is 0. The van der Waals surface area contributed by atoms with Gasteiger partial charge in [-0.2, -0.15) is 0 Å². The minimum atomic E-state index is -1.84. The molecule has 0 aliphatic carbocycles. The van der Waals surface area contributed by atoms with Gasteiger partial charge >= 0.3 is 5.97 Å². The van der Waals surface area contributed by atoms with Crippen molar-refractivity contribution in [3.63, 3.8) is 0 Å². The lowest BCUT2D eigenvalue weighted by Gasteiger charge is -2.09. The van der Waals surface area contributed by atoms with Crippen molar-refractivity contribution in [1.29, 1.82) is 0 Å². The van der Waals surface area contributed by atoms with Gasteiger partial charge in [-0.05, 0) is 12.1 Å². The van der Waals surface area contributed by atoms with E-state index in [4.69, 9.17) is 10.2 Å². The number of aliphatic hydroxyl groups is 1. The molecule has 0 fully saturated rings. The second-order valence-corrected chi connectivity index (χ2v) is 4.22. The predicted molar refractivity (Wildman–Crippen MR) is 60.0 cm³/mol. The molecule has 0 aromatic heterocycles. The van der Waals surface area contributed by atoms with Gasteiger partial charge in [0.25, 0.3) is 5.91 Å². The maximum absolute atomic E-state index is 13.3. The van der Waals surface area contributed by atoms with Gasteiger partial charge in [0.05, 0.1) is 6.54 Å². The summed E-state index contributed by atoms with van der Waals surface area (Å²) < 4.78 is 26.8. The van der Waals surface area contributed by atoms with Gasteiger partial charge < -0.3 is 15.5 Å². The summed E-state index contributed by atoms with van der Waals surface area (Å²) in [5.74, 6) is -4.88. The highest BCUT2D eigenvalue weighted by Gasteiger charge is 2.20. The van der Waals surface area contributed by atoms with Crippen LogP contribution in [0, 0.1) is 11.6 Å². The summed E-state index contributed by atoms with van der Waals surface area (Å²) in [6.45, 7) is -0.650. The molecule has 0 saturated heterocycles. The second-order valence-electron chi connectivity index (χ2n) is 3.31. The molecule has 1 unspecified atom stereocenters. The van der Waals surface area contributed by atoms with E-state index in [1.165, 1.54) is 0 Å². The molecule has 0 heterocycles. The fourth-order valence-electron chi connectivity index (χ4n) is 1.12. The molecule has 0 saturated carbocycles. The monoisotopic (exact) mass is 323 g/mol. The Balaban J connectivity index is 2.82. The molecule has 3 N–H and O–H groups in total. The molecule has 8 heteroatoms. The van der Waals surface area contributed by atoms with Gasteiger partial charge in [-0.3, -0.25) is 4.79 Å². The summed E-state index contributed by atoms with van der Waals surface area (Å²) in [5, 5.41) is 19.2. The Labute approximate surface area is 109 Å². The number of aliphatic carboxylic acids is 1. The smallest absolute Gasteiger partial charge is 0.334 e. The maximum Gasteiger partial charge on any atom is 0.334 e. The van der Waals surface area contributed by atoms with Crippen LogP contribution in [0.15, 0.2) is 16.6 Å². The number of carbonyl (C=O) groups is 2. The lowest BCUT2D eigenvalue weighted by atomic mass is 10.2. The van der Waals surface area contributed by atoms with Crippen LogP contribution in [-0.2, 0) is 4.79 Å². The van der Waals surface area contributed by atoms with Crippen molar-refractivity contribution >= 4 is 27.8 Å². The summed E-state index contributed by atoms with van der Waals surface area (Å²) in [6, 6.07) is 1.79. The molecule has 0 spiro atoms. The van der Waals surface area contributed by atoms with Crippen LogP contribution in [-0.4, -0.2) is 34.7 Å². The Morgan fingerprint density at radius 1 is 1.33 bits per heavy atom. The predicted octanol–water partition coefficient (Wildman–Crippen LogP) is 0.903. The fourth-order valence-corrected chi connectivity index (χ4v) is 1.53. The number of hydrogen-bond donors (Lipinski definition) is 3. The van der Waals surface area contributed by atoms with Crippen LogP contribution < -0.4 is 5.32 Å². The number of halogens is 3. The molecule has 1 atom stereocenters. The van der Waals surface area contributed by atoms with Crippen LogP contribution in [0.2, 0.25) is 0 Å². The molecule has 5 nitrogen and oxygen atoms in total. The van der Waals surface area contributed by atoms with Crippen LogP contribution in [0.5, 0.6) is 0 Å². The third kappa shape index (κ3) is 3.47. The van der Waals surface area contributed by atoms with E-state index in [0.29, 0.717) is 0 Å². The Morgan fingerprint density at radius 3 is 2.28 bits per heavy atom. The van der Waals surface area contributed by atoms with Gasteiger partial charge in [0.15, 0.2) is 6.10 Å². The molecule has 1 aromatic carbocycles. The standard InChI is InChI=1S/C10H8BrF2NO4/c11-4-1-5(12)8(6(13)2-4)9(16)14-3-7(15)10(17)18/h1-2,7,15H,3H2,(H,14,16)(H,17,18). The molecule has 18 heavy (non-hydrogen) atoms. The molecule has 1 amide bonds. The Morgan fingerprint density at radius 2 is 1.83 bits per heavy atom. The first-order valence-electron chi connectivity index (χ1n) is 4.66. The molecule has 1 rings (SSSR count). The van der Waals surface area contributed by atoms with Crippen molar-refractivity contribution in [1.82, 2.24) is 5.32 Å². The zero-order valence-electron chi connectivity index (χ0n) is 8.78. The summed E-state index contributed by atoms with van der Waals surface area (Å²) in [4.78, 5) is 21.7. The van der Waals surface area contributed by atoms with Crippen molar-refractivity contribution in [2.45, 2.75) is 6.10 Å². The van der Waals surface area contributed by atoms with Crippen molar-refractivity contribution in [3.8, 4) is 0 Å². The van der Waals surface area contributed by atoms with Crippen LogP contribution in [0.1, 0.15) is 10.4 Å². The van der Waals surface area contributed by atoms with E-state index < -0.39 is 41.7 Å². The summed E-state index contributed by atoms with van der Waals surface area (Å²) >= 11 is 2.85. The van der Waals surface area contributed by atoms with Gasteiger partial charge in [0.1, 0.15) is 17.2 Å². The minimum Gasteiger partial charge on any atom is -0.479 e. The lowest BCUT2D eigenvalue weighted by Crippen LogP contribution is -2.37. The quantitative estimate of drug-likeness (QED) is 0.768. The van der Waals surface area contributed by atoms with E-state index in [0.717, 1.165) is 12.1 Å². The molecular formula is C10H8BrF2NO4. The van der Waals surface area contributed by atoms with Gasteiger partial charge in [0.2, 0.25) is 0 Å². The highest BCUT2D eigenvalue weighted by molar-refractivity contribution is 9.10. The number of hydrogen-bond acceptors (Lipinski definition) is 3. The summed E-state index contributed by atoms with van der Waals surface area (Å²) in [6.07, 6.45) is -1.84. The van der Waals surface area contributed by atoms with Crippen LogP contribution in [0.25, 0.3) is 0 Å². The number of carbonyl (C=O) groups excluding carboxylic acids is 1. The van der Waals surface area contributed by atoms with Crippen molar-refractivity contribution in [3.05, 3.63) is 33.8 Å². The van der Waals surface area contributed by atoms with Gasteiger partial charge in [-0.15, -0.1) is 0 Å². The zero-order chi connectivity index (χ0) is 13.9. The van der Waals surface area contributed by atoms with Gasteiger partial charge in [0, 0.05) is 4.47 Å². The molecular weight excluding hydrogens is 316 g/mol. The van der Waals surface area contributed by atoms with E-state index >= 15 is 0 Å². The highest BCUT2D eigenvalue weighted by atomic mass is 79.9. The first kappa shape index (κ1) is 14.5. The molecule has 0 bridgehead atoms. The Bertz CT molecular complexity index is 472. The van der Waals surface area contributed by atoms with E-state index in [1.54, 1.807) is 0 Å². The second kappa shape index (κ2) is 5.87. The first-order valence-corrected chi connectivity index (χ1v) is 5.46. The van der Waals surface area contributed by atoms with E-state index in [9.17, 15) is 18.4 Å². The SMILES string of the molecule is O=C(NCC(O)C(=O)O)c1c(F)cc(Br)cc1F. The van der Waals surface area contributed by atoms with Crippen molar-refractivity contribution in [2.75, 3.05) is 6.54 Å². The molecule has 98 valence electrons. The summed E-state index contributed by atoms with van der Waals surface area (Å²) in [5.41, 5.74) is -0.837. The minimum absolute atomic E-state index is 0.125. The van der Waals surface area contributed by atoms with Gasteiger partial charge in [-0.25, -0.2) is 13.6 Å². The molecule has 0 aliphatic heterocycles. The lowest BCUT2D eigenvalue weighted by molar-refractivity contribution is -0.146. The van der Waals surface area contributed by atoms with Crippen molar-refractivity contribution in [2.24, 2.45) is 0 Å². The first-order chi connectivity index (χ1) is 8.32. The molecule has 0 aliphatic rings.